The number of nitrogens with zero attached hydrogens (tertiary/aromatic N) is 5. The van der Waals surface area contributed by atoms with Crippen molar-refractivity contribution in [3.63, 3.8) is 0 Å². The van der Waals surface area contributed by atoms with Gasteiger partial charge < -0.3 is 19.4 Å². The van der Waals surface area contributed by atoms with E-state index in [0.717, 1.165) is 34.2 Å². The van der Waals surface area contributed by atoms with Gasteiger partial charge >= 0.3 is 0 Å². The molecule has 0 saturated carbocycles. The van der Waals surface area contributed by atoms with Gasteiger partial charge in [-0.3, -0.25) is 4.57 Å². The standard InChI is InChI=1S/C44H39N5OS/c1-44(2,3)35-16-7-8-17-36(35)48-28-47(37-18-9-10-19-38(37)48)30-13-12-14-31(25-30)50-32-21-22-33-39(27-32)49(41-26-29(46(4)5)23-24-45-41)42-34-15-6-11-20-40(34)51-43(33)42/h6-27H,28H2,1-5H3. The average Bonchev–Trinajstić information content (AvgIpc) is 3.80. The number of aromatic nitrogens is 2. The molecule has 9 rings (SSSR count). The number of benzene rings is 5. The minimum atomic E-state index is 0.0150. The third-order valence-corrected chi connectivity index (χ3v) is 11.0. The van der Waals surface area contributed by atoms with E-state index in [9.17, 15) is 0 Å². The van der Waals surface area contributed by atoms with Gasteiger partial charge in [0, 0.05) is 71.0 Å². The maximum Gasteiger partial charge on any atom is 0.139 e. The van der Waals surface area contributed by atoms with E-state index in [4.69, 9.17) is 9.72 Å². The van der Waals surface area contributed by atoms with Gasteiger partial charge in [-0.1, -0.05) is 75.4 Å². The van der Waals surface area contributed by atoms with Crippen molar-refractivity contribution in [2.45, 2.75) is 26.2 Å². The lowest BCUT2D eigenvalue weighted by molar-refractivity contribution is 0.483. The zero-order chi connectivity index (χ0) is 34.9. The van der Waals surface area contributed by atoms with E-state index in [2.05, 4.69) is 169 Å². The van der Waals surface area contributed by atoms with Crippen molar-refractivity contribution < 1.29 is 4.74 Å². The molecule has 252 valence electrons. The normalized spacial score (nSPS) is 13.0. The van der Waals surface area contributed by atoms with Crippen molar-refractivity contribution in [2.75, 3.05) is 35.5 Å². The van der Waals surface area contributed by atoms with Crippen LogP contribution in [0.4, 0.5) is 28.4 Å². The minimum absolute atomic E-state index is 0.0150. The molecule has 0 fully saturated rings. The summed E-state index contributed by atoms with van der Waals surface area (Å²) in [5.41, 5.74) is 9.39. The van der Waals surface area contributed by atoms with Crippen LogP contribution in [0.5, 0.6) is 11.5 Å². The summed E-state index contributed by atoms with van der Waals surface area (Å²) in [4.78, 5) is 11.8. The summed E-state index contributed by atoms with van der Waals surface area (Å²) in [5.74, 6) is 2.45. The number of hydrogen-bond acceptors (Lipinski definition) is 6. The second-order valence-electron chi connectivity index (χ2n) is 14.4. The van der Waals surface area contributed by atoms with Gasteiger partial charge in [-0.25, -0.2) is 4.98 Å². The molecular formula is C44H39N5OS. The van der Waals surface area contributed by atoms with Crippen LogP contribution in [0.2, 0.25) is 0 Å². The number of hydrogen-bond donors (Lipinski definition) is 0. The van der Waals surface area contributed by atoms with E-state index < -0.39 is 0 Å². The van der Waals surface area contributed by atoms with Crippen LogP contribution >= 0.6 is 11.3 Å². The van der Waals surface area contributed by atoms with E-state index in [1.165, 1.54) is 48.3 Å². The molecule has 0 unspecified atom stereocenters. The molecule has 0 amide bonds. The predicted molar refractivity (Wildman–Crippen MR) is 216 cm³/mol. The van der Waals surface area contributed by atoms with Crippen molar-refractivity contribution >= 4 is 71.0 Å². The highest BCUT2D eigenvalue weighted by atomic mass is 32.1. The molecule has 0 atom stereocenters. The van der Waals surface area contributed by atoms with Crippen LogP contribution in [0.3, 0.4) is 0 Å². The summed E-state index contributed by atoms with van der Waals surface area (Å²) < 4.78 is 11.5. The highest BCUT2D eigenvalue weighted by Gasteiger charge is 2.31. The van der Waals surface area contributed by atoms with Crippen molar-refractivity contribution in [1.82, 2.24) is 9.55 Å². The molecule has 0 radical (unpaired) electrons. The Hall–Kier alpha value is -5.79. The number of fused-ring (bicyclic) bond motifs is 6. The van der Waals surface area contributed by atoms with Gasteiger partial charge in [0.25, 0.3) is 0 Å². The molecule has 0 N–H and O–H groups in total. The predicted octanol–water partition coefficient (Wildman–Crippen LogP) is 11.8. The summed E-state index contributed by atoms with van der Waals surface area (Å²) in [6, 6.07) is 45.1. The van der Waals surface area contributed by atoms with E-state index in [1.54, 1.807) is 0 Å². The average molecular weight is 686 g/mol. The van der Waals surface area contributed by atoms with Crippen molar-refractivity contribution in [3.05, 3.63) is 139 Å². The highest BCUT2D eigenvalue weighted by Crippen LogP contribution is 2.48. The number of rotatable bonds is 6. The van der Waals surface area contributed by atoms with Gasteiger partial charge in [-0.05, 0) is 65.6 Å². The zero-order valence-electron chi connectivity index (χ0n) is 29.5. The highest BCUT2D eigenvalue weighted by molar-refractivity contribution is 7.26. The summed E-state index contributed by atoms with van der Waals surface area (Å²) in [5, 5.41) is 2.42. The van der Waals surface area contributed by atoms with Crippen LogP contribution in [0.15, 0.2) is 134 Å². The Morgan fingerprint density at radius 1 is 0.686 bits per heavy atom. The molecule has 5 aromatic carbocycles. The summed E-state index contributed by atoms with van der Waals surface area (Å²) in [6.07, 6.45) is 1.89. The first-order chi connectivity index (χ1) is 24.7. The van der Waals surface area contributed by atoms with Gasteiger partial charge in [0.2, 0.25) is 0 Å². The molecule has 7 heteroatoms. The van der Waals surface area contributed by atoms with E-state index in [1.807, 2.05) is 29.7 Å². The van der Waals surface area contributed by atoms with Gasteiger partial charge in [0.1, 0.15) is 24.0 Å². The van der Waals surface area contributed by atoms with Gasteiger partial charge in [0.15, 0.2) is 0 Å². The Morgan fingerprint density at radius 3 is 2.22 bits per heavy atom. The molecule has 0 aliphatic carbocycles. The largest absolute Gasteiger partial charge is 0.457 e. The number of pyridine rings is 1. The van der Waals surface area contributed by atoms with E-state index in [-0.39, 0.29) is 5.41 Å². The molecule has 0 saturated heterocycles. The number of para-hydroxylation sites is 3. The molecule has 3 aromatic heterocycles. The van der Waals surface area contributed by atoms with Crippen LogP contribution in [0, 0.1) is 0 Å². The summed E-state index contributed by atoms with van der Waals surface area (Å²) in [7, 11) is 4.12. The summed E-state index contributed by atoms with van der Waals surface area (Å²) in [6.45, 7) is 7.55. The summed E-state index contributed by atoms with van der Waals surface area (Å²) >= 11 is 1.83. The molecule has 6 nitrogen and oxygen atoms in total. The van der Waals surface area contributed by atoms with Crippen LogP contribution < -0.4 is 19.4 Å². The number of ether oxygens (including phenoxy) is 1. The van der Waals surface area contributed by atoms with E-state index in [0.29, 0.717) is 6.67 Å². The second kappa shape index (κ2) is 11.9. The Morgan fingerprint density at radius 2 is 1.41 bits per heavy atom. The quantitative estimate of drug-likeness (QED) is 0.174. The monoisotopic (exact) mass is 685 g/mol. The van der Waals surface area contributed by atoms with Gasteiger partial charge in [-0.15, -0.1) is 11.3 Å². The molecule has 51 heavy (non-hydrogen) atoms. The zero-order valence-corrected chi connectivity index (χ0v) is 30.3. The lowest BCUT2D eigenvalue weighted by Gasteiger charge is -2.29. The van der Waals surface area contributed by atoms with Crippen LogP contribution in [-0.4, -0.2) is 30.3 Å². The van der Waals surface area contributed by atoms with Crippen LogP contribution in [0.1, 0.15) is 26.3 Å². The van der Waals surface area contributed by atoms with Crippen molar-refractivity contribution in [1.29, 1.82) is 0 Å². The lowest BCUT2D eigenvalue weighted by atomic mass is 9.85. The SMILES string of the molecule is CN(C)c1ccnc(-n2c3cc(Oc4cccc(N5CN(c6ccccc6C(C)(C)C)c6ccccc65)c4)ccc3c3sc4ccccc4c32)c1. The van der Waals surface area contributed by atoms with Crippen LogP contribution in [-0.2, 0) is 5.41 Å². The Kier molecular flexibility index (Phi) is 7.30. The third-order valence-electron chi connectivity index (χ3n) is 9.84. The molecule has 1 aliphatic rings. The first kappa shape index (κ1) is 31.2. The molecule has 0 spiro atoms. The lowest BCUT2D eigenvalue weighted by Crippen LogP contribution is -2.26. The molecule has 1 aliphatic heterocycles. The fraction of sp³-hybridized carbons (Fsp3) is 0.159. The Balaban J connectivity index is 1.11. The number of thiophene rings is 1. The minimum Gasteiger partial charge on any atom is -0.457 e. The first-order valence-electron chi connectivity index (χ1n) is 17.4. The first-order valence-corrected chi connectivity index (χ1v) is 18.2. The van der Waals surface area contributed by atoms with Crippen molar-refractivity contribution in [2.24, 2.45) is 0 Å². The third kappa shape index (κ3) is 5.27. The molecular weight excluding hydrogens is 647 g/mol. The fourth-order valence-electron chi connectivity index (χ4n) is 7.39. The van der Waals surface area contributed by atoms with Crippen LogP contribution in [0.25, 0.3) is 37.0 Å². The number of anilines is 5. The smallest absolute Gasteiger partial charge is 0.139 e. The Labute approximate surface area is 302 Å². The molecule has 0 bridgehead atoms. The second-order valence-corrected chi connectivity index (χ2v) is 15.5. The fourth-order valence-corrected chi connectivity index (χ4v) is 8.61. The van der Waals surface area contributed by atoms with Crippen molar-refractivity contribution in [3.8, 4) is 17.3 Å². The van der Waals surface area contributed by atoms with Gasteiger partial charge in [-0.2, -0.15) is 0 Å². The van der Waals surface area contributed by atoms with E-state index >= 15 is 0 Å². The van der Waals surface area contributed by atoms with Gasteiger partial charge in [0.05, 0.1) is 27.1 Å². The maximum absolute atomic E-state index is 6.68. The molecule has 8 aromatic rings. The molecule has 4 heterocycles. The topological polar surface area (TPSA) is 36.8 Å². The Bertz CT molecular complexity index is 2590. The maximum atomic E-state index is 6.68.